The number of H-pyrrole nitrogens is 1. The van der Waals surface area contributed by atoms with Crippen molar-refractivity contribution in [3.05, 3.63) is 81.3 Å². The number of aromatic amines is 1. The van der Waals surface area contributed by atoms with Crippen molar-refractivity contribution < 1.29 is 4.79 Å². The minimum Gasteiger partial charge on any atom is -0.346 e. The fourth-order valence-electron chi connectivity index (χ4n) is 2.69. The van der Waals surface area contributed by atoms with Crippen molar-refractivity contribution in [1.29, 1.82) is 0 Å². The van der Waals surface area contributed by atoms with Crippen LogP contribution in [-0.2, 0) is 6.54 Å². The maximum absolute atomic E-state index is 12.5. The molecule has 0 spiro atoms. The monoisotopic (exact) mass is 392 g/mol. The summed E-state index contributed by atoms with van der Waals surface area (Å²) in [4.78, 5) is 28.3. The lowest BCUT2D eigenvalue weighted by molar-refractivity contribution is 0.0950. The summed E-state index contributed by atoms with van der Waals surface area (Å²) >= 11 is 1.54. The SMILES string of the molecule is Cc1c(C(=O)NCc2csc(-c3ccccc3)n2)cnn1-c1ccc(=O)[nH]n1. The Morgan fingerprint density at radius 1 is 1.21 bits per heavy atom. The van der Waals surface area contributed by atoms with Gasteiger partial charge in [-0.15, -0.1) is 11.3 Å². The van der Waals surface area contributed by atoms with Crippen LogP contribution in [0.2, 0.25) is 0 Å². The van der Waals surface area contributed by atoms with Crippen LogP contribution in [0.5, 0.6) is 0 Å². The fraction of sp³-hybridized carbons (Fsp3) is 0.105. The molecule has 0 atom stereocenters. The molecule has 0 aliphatic heterocycles. The van der Waals surface area contributed by atoms with Gasteiger partial charge in [-0.05, 0) is 13.0 Å². The highest BCUT2D eigenvalue weighted by Crippen LogP contribution is 2.23. The Balaban J connectivity index is 1.45. The van der Waals surface area contributed by atoms with Crippen molar-refractivity contribution in [3.63, 3.8) is 0 Å². The third kappa shape index (κ3) is 3.60. The molecule has 0 unspecified atom stereocenters. The van der Waals surface area contributed by atoms with Crippen LogP contribution in [0.3, 0.4) is 0 Å². The van der Waals surface area contributed by atoms with E-state index in [1.54, 1.807) is 13.0 Å². The maximum Gasteiger partial charge on any atom is 0.264 e. The summed E-state index contributed by atoms with van der Waals surface area (Å²) in [5, 5.41) is 16.2. The summed E-state index contributed by atoms with van der Waals surface area (Å²) < 4.78 is 1.50. The summed E-state index contributed by atoms with van der Waals surface area (Å²) in [5.41, 5.74) is 2.61. The topological polar surface area (TPSA) is 106 Å². The van der Waals surface area contributed by atoms with Gasteiger partial charge in [0.25, 0.3) is 11.5 Å². The molecule has 9 heteroatoms. The van der Waals surface area contributed by atoms with E-state index in [0.29, 0.717) is 23.6 Å². The van der Waals surface area contributed by atoms with Gasteiger partial charge < -0.3 is 5.32 Å². The number of amides is 1. The molecule has 0 saturated heterocycles. The van der Waals surface area contributed by atoms with Gasteiger partial charge >= 0.3 is 0 Å². The van der Waals surface area contributed by atoms with Gasteiger partial charge in [0, 0.05) is 17.0 Å². The Bertz CT molecular complexity index is 1160. The number of hydrogen-bond donors (Lipinski definition) is 2. The molecule has 0 aliphatic rings. The highest BCUT2D eigenvalue weighted by molar-refractivity contribution is 7.13. The molecule has 3 aromatic heterocycles. The smallest absolute Gasteiger partial charge is 0.264 e. The average Bonchev–Trinajstić information content (AvgIpc) is 3.34. The van der Waals surface area contributed by atoms with Crippen LogP contribution in [0.4, 0.5) is 0 Å². The van der Waals surface area contributed by atoms with Gasteiger partial charge in [0.15, 0.2) is 5.82 Å². The first kappa shape index (κ1) is 17.8. The minimum absolute atomic E-state index is 0.248. The molecule has 140 valence electrons. The molecule has 2 N–H and O–H groups in total. The number of hydrogen-bond acceptors (Lipinski definition) is 6. The molecule has 0 fully saturated rings. The second-order valence-electron chi connectivity index (χ2n) is 6.03. The molecular formula is C19H16N6O2S. The average molecular weight is 392 g/mol. The van der Waals surface area contributed by atoms with E-state index < -0.39 is 0 Å². The van der Waals surface area contributed by atoms with Crippen molar-refractivity contribution in [2.24, 2.45) is 0 Å². The highest BCUT2D eigenvalue weighted by Gasteiger charge is 2.16. The van der Waals surface area contributed by atoms with Gasteiger partial charge in [-0.3, -0.25) is 9.59 Å². The van der Waals surface area contributed by atoms with Gasteiger partial charge in [0.05, 0.1) is 29.7 Å². The summed E-state index contributed by atoms with van der Waals surface area (Å²) in [6, 6.07) is 12.8. The second-order valence-corrected chi connectivity index (χ2v) is 6.89. The molecule has 8 nitrogen and oxygen atoms in total. The number of nitrogens with zero attached hydrogens (tertiary/aromatic N) is 4. The first-order valence-corrected chi connectivity index (χ1v) is 9.38. The van der Waals surface area contributed by atoms with Crippen molar-refractivity contribution in [3.8, 4) is 16.4 Å². The Labute approximate surface area is 163 Å². The summed E-state index contributed by atoms with van der Waals surface area (Å²) in [6.07, 6.45) is 1.48. The highest BCUT2D eigenvalue weighted by atomic mass is 32.1. The number of benzene rings is 1. The fourth-order valence-corrected chi connectivity index (χ4v) is 3.51. The molecule has 0 saturated carbocycles. The van der Waals surface area contributed by atoms with E-state index >= 15 is 0 Å². The largest absolute Gasteiger partial charge is 0.346 e. The van der Waals surface area contributed by atoms with Gasteiger partial charge in [-0.25, -0.2) is 14.8 Å². The number of thiazole rings is 1. The van der Waals surface area contributed by atoms with Crippen molar-refractivity contribution in [2.75, 3.05) is 0 Å². The molecule has 4 rings (SSSR count). The van der Waals surface area contributed by atoms with Crippen molar-refractivity contribution >= 4 is 17.2 Å². The molecular weight excluding hydrogens is 376 g/mol. The van der Waals surface area contributed by atoms with E-state index in [-0.39, 0.29) is 11.5 Å². The number of rotatable bonds is 5. The summed E-state index contributed by atoms with van der Waals surface area (Å²) in [7, 11) is 0. The normalized spacial score (nSPS) is 10.8. The standard InChI is InChI=1S/C19H16N6O2S/c1-12-15(10-21-25(12)16-7-8-17(26)24-23-16)18(27)20-9-14-11-28-19(22-14)13-5-3-2-4-6-13/h2-8,10-11H,9H2,1H3,(H,20,27)(H,24,26). The van der Waals surface area contributed by atoms with Crippen LogP contribution in [0.25, 0.3) is 16.4 Å². The lowest BCUT2D eigenvalue weighted by Gasteiger charge is -2.05. The minimum atomic E-state index is -0.301. The Hall–Kier alpha value is -3.59. The maximum atomic E-state index is 12.5. The molecule has 3 heterocycles. The van der Waals surface area contributed by atoms with Crippen LogP contribution in [0.15, 0.2) is 58.8 Å². The number of nitrogens with one attached hydrogen (secondary N) is 2. The van der Waals surface area contributed by atoms with E-state index in [0.717, 1.165) is 16.3 Å². The summed E-state index contributed by atoms with van der Waals surface area (Å²) in [5.74, 6) is 0.186. The second kappa shape index (κ2) is 7.57. The van der Waals surface area contributed by atoms with Crippen LogP contribution < -0.4 is 10.9 Å². The third-order valence-electron chi connectivity index (χ3n) is 4.14. The zero-order chi connectivity index (χ0) is 19.5. The van der Waals surface area contributed by atoms with E-state index in [1.807, 2.05) is 35.7 Å². The molecule has 0 aliphatic carbocycles. The van der Waals surface area contributed by atoms with Crippen LogP contribution in [0, 0.1) is 6.92 Å². The lowest BCUT2D eigenvalue weighted by atomic mass is 10.2. The number of aromatic nitrogens is 5. The van der Waals surface area contributed by atoms with E-state index in [1.165, 1.54) is 28.3 Å². The zero-order valence-corrected chi connectivity index (χ0v) is 15.7. The van der Waals surface area contributed by atoms with Gasteiger partial charge in [-0.2, -0.15) is 10.2 Å². The van der Waals surface area contributed by atoms with Crippen molar-refractivity contribution in [1.82, 2.24) is 30.3 Å². The molecule has 1 amide bonds. The molecule has 4 aromatic rings. The molecule has 28 heavy (non-hydrogen) atoms. The zero-order valence-electron chi connectivity index (χ0n) is 14.9. The van der Waals surface area contributed by atoms with E-state index in [2.05, 4.69) is 25.6 Å². The van der Waals surface area contributed by atoms with Gasteiger partial charge in [0.1, 0.15) is 5.01 Å². The first-order chi connectivity index (χ1) is 13.6. The van der Waals surface area contributed by atoms with Crippen LogP contribution in [-0.4, -0.2) is 30.9 Å². The Morgan fingerprint density at radius 3 is 2.79 bits per heavy atom. The first-order valence-electron chi connectivity index (χ1n) is 8.50. The van der Waals surface area contributed by atoms with Gasteiger partial charge in [-0.1, -0.05) is 30.3 Å². The van der Waals surface area contributed by atoms with Crippen LogP contribution >= 0.6 is 11.3 Å². The Kier molecular flexibility index (Phi) is 4.81. The molecule has 1 aromatic carbocycles. The number of carbonyl (C=O) groups is 1. The molecule has 0 bridgehead atoms. The van der Waals surface area contributed by atoms with Gasteiger partial charge in [0.2, 0.25) is 0 Å². The number of carbonyl (C=O) groups excluding carboxylic acids is 1. The quantitative estimate of drug-likeness (QED) is 0.542. The lowest BCUT2D eigenvalue weighted by Crippen LogP contribution is -2.23. The molecule has 0 radical (unpaired) electrons. The Morgan fingerprint density at radius 2 is 2.04 bits per heavy atom. The summed E-state index contributed by atoms with van der Waals surface area (Å²) in [6.45, 7) is 2.09. The van der Waals surface area contributed by atoms with Crippen LogP contribution in [0.1, 0.15) is 21.7 Å². The predicted molar refractivity (Wildman–Crippen MR) is 105 cm³/mol. The predicted octanol–water partition coefficient (Wildman–Crippen LogP) is 2.32. The van der Waals surface area contributed by atoms with E-state index in [4.69, 9.17) is 0 Å². The van der Waals surface area contributed by atoms with E-state index in [9.17, 15) is 9.59 Å². The third-order valence-corrected chi connectivity index (χ3v) is 5.08. The van der Waals surface area contributed by atoms with Crippen molar-refractivity contribution in [2.45, 2.75) is 13.5 Å².